The zero-order chi connectivity index (χ0) is 28.4. The van der Waals surface area contributed by atoms with Gasteiger partial charge in [0, 0.05) is 41.1 Å². The highest BCUT2D eigenvalue weighted by atomic mass is 32.2. The van der Waals surface area contributed by atoms with Crippen LogP contribution in [0, 0.1) is 6.92 Å². The van der Waals surface area contributed by atoms with E-state index in [1.54, 1.807) is 29.8 Å². The number of aromatic nitrogens is 2. The van der Waals surface area contributed by atoms with Crippen molar-refractivity contribution in [1.82, 2.24) is 20.0 Å². The Hall–Kier alpha value is -2.82. The molecule has 2 aromatic heterocycles. The Morgan fingerprint density at radius 1 is 1.05 bits per heavy atom. The van der Waals surface area contributed by atoms with E-state index in [0.717, 1.165) is 52.4 Å². The number of nitrogens with one attached hydrogen (secondary N) is 2. The Morgan fingerprint density at radius 2 is 1.74 bits per heavy atom. The Kier molecular flexibility index (Phi) is 8.78. The Balaban J connectivity index is 1.60. The lowest BCUT2D eigenvalue weighted by atomic mass is 9.86. The maximum Gasteiger partial charge on any atom is 0.407 e. The van der Waals surface area contributed by atoms with Crippen molar-refractivity contribution in [2.24, 2.45) is 0 Å². The Labute approximate surface area is 235 Å². The molecule has 3 aromatic rings. The fourth-order valence-electron chi connectivity index (χ4n) is 4.81. The third kappa shape index (κ3) is 7.64. The summed E-state index contributed by atoms with van der Waals surface area (Å²) in [5, 5.41) is 3.96. The number of ether oxygens (including phenoxy) is 1. The number of alkyl carbamates (subject to hydrolysis) is 1. The summed E-state index contributed by atoms with van der Waals surface area (Å²) >= 11 is 1.54. The van der Waals surface area contributed by atoms with E-state index < -0.39 is 15.6 Å². The zero-order valence-electron chi connectivity index (χ0n) is 23.4. The molecule has 210 valence electrons. The van der Waals surface area contributed by atoms with Crippen molar-refractivity contribution in [3.63, 3.8) is 0 Å². The van der Waals surface area contributed by atoms with Gasteiger partial charge in [-0.05, 0) is 96.6 Å². The van der Waals surface area contributed by atoms with E-state index in [1.165, 1.54) is 0 Å². The lowest BCUT2D eigenvalue weighted by Crippen LogP contribution is -2.40. The molecule has 0 spiro atoms. The number of benzene rings is 1. The highest BCUT2D eigenvalue weighted by molar-refractivity contribution is 7.89. The summed E-state index contributed by atoms with van der Waals surface area (Å²) in [6, 6.07) is 9.49. The predicted octanol–water partition coefficient (Wildman–Crippen LogP) is 6.42. The van der Waals surface area contributed by atoms with Gasteiger partial charge in [-0.3, -0.25) is 4.98 Å². The van der Waals surface area contributed by atoms with Crippen LogP contribution in [0.15, 0.2) is 47.6 Å². The van der Waals surface area contributed by atoms with Crippen molar-refractivity contribution in [3.05, 3.63) is 53.4 Å². The van der Waals surface area contributed by atoms with Gasteiger partial charge in [-0.1, -0.05) is 12.1 Å². The topological polar surface area (TPSA) is 110 Å². The predicted molar refractivity (Wildman–Crippen MR) is 155 cm³/mol. The first-order chi connectivity index (χ1) is 18.3. The SMILES string of the molecule is Cc1cc(-c2ccc(-c3cnc(C4CCC(NC(=O)OC(C)C)CC4)s3)c(S(=O)(=O)NC(C)(C)C)c2)ccn1. The Bertz CT molecular complexity index is 1420. The second kappa shape index (κ2) is 11.7. The normalized spacial score (nSPS) is 18.2. The van der Waals surface area contributed by atoms with Crippen molar-refractivity contribution < 1.29 is 17.9 Å². The van der Waals surface area contributed by atoms with Crippen LogP contribution in [0.25, 0.3) is 21.6 Å². The van der Waals surface area contributed by atoms with Gasteiger partial charge in [0.15, 0.2) is 0 Å². The summed E-state index contributed by atoms with van der Waals surface area (Å²) in [5.41, 5.74) is 2.59. The molecule has 0 bridgehead atoms. The number of aryl methyl sites for hydroxylation is 1. The first-order valence-electron chi connectivity index (χ1n) is 13.3. The monoisotopic (exact) mass is 570 g/mol. The summed E-state index contributed by atoms with van der Waals surface area (Å²) in [4.78, 5) is 22.0. The number of rotatable bonds is 7. The standard InChI is InChI=1S/C29H38N4O4S2/c1-18(2)37-28(34)32-23-10-7-20(8-11-23)27-31-17-25(38-27)24-12-9-21(22-13-14-30-19(3)15-22)16-26(24)39(35,36)33-29(4,5)6/h9,12-18,20,23,33H,7-8,10-11H2,1-6H3,(H,32,34). The first-order valence-corrected chi connectivity index (χ1v) is 15.6. The van der Waals surface area contributed by atoms with Crippen molar-refractivity contribution in [3.8, 4) is 21.6 Å². The molecule has 1 aliphatic rings. The molecular formula is C29H38N4O4S2. The van der Waals surface area contributed by atoms with E-state index in [1.807, 2.05) is 65.8 Å². The van der Waals surface area contributed by atoms with Crippen molar-refractivity contribution >= 4 is 27.5 Å². The van der Waals surface area contributed by atoms with Crippen LogP contribution in [0.1, 0.15) is 76.9 Å². The smallest absolute Gasteiger partial charge is 0.407 e. The molecule has 1 aromatic carbocycles. The van der Waals surface area contributed by atoms with E-state index in [9.17, 15) is 13.2 Å². The number of sulfonamides is 1. The van der Waals surface area contributed by atoms with Gasteiger partial charge in [0.05, 0.1) is 20.9 Å². The molecule has 0 saturated heterocycles. The molecule has 0 unspecified atom stereocenters. The molecule has 0 atom stereocenters. The van der Waals surface area contributed by atoms with Crippen LogP contribution in [0.3, 0.4) is 0 Å². The molecular weight excluding hydrogens is 532 g/mol. The van der Waals surface area contributed by atoms with Gasteiger partial charge in [0.1, 0.15) is 0 Å². The molecule has 39 heavy (non-hydrogen) atoms. The van der Waals surface area contributed by atoms with Crippen molar-refractivity contribution in [2.45, 2.75) is 95.7 Å². The Morgan fingerprint density at radius 3 is 2.38 bits per heavy atom. The first kappa shape index (κ1) is 29.2. The highest BCUT2D eigenvalue weighted by Gasteiger charge is 2.29. The number of carbonyl (C=O) groups excluding carboxylic acids is 1. The number of hydrogen-bond acceptors (Lipinski definition) is 7. The minimum atomic E-state index is -3.82. The van der Waals surface area contributed by atoms with Crippen molar-refractivity contribution in [2.75, 3.05) is 0 Å². The van der Waals surface area contributed by atoms with E-state index in [0.29, 0.717) is 5.56 Å². The maximum atomic E-state index is 13.6. The zero-order valence-corrected chi connectivity index (χ0v) is 25.1. The van der Waals surface area contributed by atoms with Gasteiger partial charge in [0.2, 0.25) is 10.0 Å². The van der Waals surface area contributed by atoms with Crippen LogP contribution in [0.2, 0.25) is 0 Å². The van der Waals surface area contributed by atoms with E-state index in [4.69, 9.17) is 9.72 Å². The van der Waals surface area contributed by atoms with Gasteiger partial charge in [-0.25, -0.2) is 22.9 Å². The van der Waals surface area contributed by atoms with Crippen LogP contribution < -0.4 is 10.0 Å². The fourth-order valence-corrected chi connectivity index (χ4v) is 7.67. The molecule has 1 amide bonds. The molecule has 1 aliphatic carbocycles. The van der Waals surface area contributed by atoms with Gasteiger partial charge in [-0.2, -0.15) is 0 Å². The van der Waals surface area contributed by atoms with Crippen LogP contribution >= 0.6 is 11.3 Å². The van der Waals surface area contributed by atoms with Crippen LogP contribution in [0.4, 0.5) is 4.79 Å². The van der Waals surface area contributed by atoms with Crippen LogP contribution in [-0.4, -0.2) is 42.2 Å². The van der Waals surface area contributed by atoms with Gasteiger partial charge >= 0.3 is 6.09 Å². The van der Waals surface area contributed by atoms with Crippen LogP contribution in [-0.2, 0) is 14.8 Å². The summed E-state index contributed by atoms with van der Waals surface area (Å²) in [7, 11) is -3.82. The number of pyridine rings is 1. The number of carbonyl (C=O) groups is 1. The van der Waals surface area contributed by atoms with Crippen LogP contribution in [0.5, 0.6) is 0 Å². The minimum Gasteiger partial charge on any atom is -0.447 e. The maximum absolute atomic E-state index is 13.6. The molecule has 1 fully saturated rings. The van der Waals surface area contributed by atoms with Gasteiger partial charge < -0.3 is 10.1 Å². The lowest BCUT2D eigenvalue weighted by Gasteiger charge is -2.28. The number of nitrogens with zero attached hydrogens (tertiary/aromatic N) is 2. The van der Waals surface area contributed by atoms with E-state index in [-0.39, 0.29) is 29.1 Å². The summed E-state index contributed by atoms with van der Waals surface area (Å²) < 4.78 is 35.2. The van der Waals surface area contributed by atoms with Crippen molar-refractivity contribution in [1.29, 1.82) is 0 Å². The third-order valence-corrected chi connectivity index (χ3v) is 9.46. The average molecular weight is 571 g/mol. The molecule has 2 N–H and O–H groups in total. The molecule has 0 radical (unpaired) electrons. The fraction of sp³-hybridized carbons (Fsp3) is 0.483. The van der Waals surface area contributed by atoms with E-state index >= 15 is 0 Å². The molecule has 8 nitrogen and oxygen atoms in total. The minimum absolute atomic E-state index is 0.0940. The van der Waals surface area contributed by atoms with Gasteiger partial charge in [0.25, 0.3) is 0 Å². The second-order valence-electron chi connectivity index (χ2n) is 11.5. The number of thiazole rings is 1. The largest absolute Gasteiger partial charge is 0.447 e. The number of hydrogen-bond donors (Lipinski definition) is 2. The molecule has 1 saturated carbocycles. The molecule has 0 aliphatic heterocycles. The second-order valence-corrected chi connectivity index (χ2v) is 14.2. The average Bonchev–Trinajstić information content (AvgIpc) is 3.32. The summed E-state index contributed by atoms with van der Waals surface area (Å²) in [5.74, 6) is 0.273. The lowest BCUT2D eigenvalue weighted by molar-refractivity contribution is 0.109. The summed E-state index contributed by atoms with van der Waals surface area (Å²) in [6.45, 7) is 11.1. The quantitative estimate of drug-likeness (QED) is 0.339. The third-order valence-electron chi connectivity index (χ3n) is 6.47. The molecule has 10 heteroatoms. The van der Waals surface area contributed by atoms with Gasteiger partial charge in [-0.15, -0.1) is 11.3 Å². The molecule has 2 heterocycles. The highest BCUT2D eigenvalue weighted by Crippen LogP contribution is 2.40. The molecule has 4 rings (SSSR count). The number of amides is 1. The van der Waals surface area contributed by atoms with E-state index in [2.05, 4.69) is 15.0 Å². The summed E-state index contributed by atoms with van der Waals surface area (Å²) in [6.07, 6.45) is 6.49.